The average molecular weight is 231 g/mol. The van der Waals surface area contributed by atoms with Crippen LogP contribution in [0.2, 0.25) is 0 Å². The van der Waals surface area contributed by atoms with Crippen LogP contribution in [-0.2, 0) is 7.05 Å². The largest absolute Gasteiger partial charge is 0.393 e. The quantitative estimate of drug-likeness (QED) is 0.812. The van der Waals surface area contributed by atoms with E-state index in [1.54, 1.807) is 9.36 Å². The normalized spacial score (nSPS) is 10.8. The average Bonchev–Trinajstić information content (AvgIpc) is 2.48. The van der Waals surface area contributed by atoms with E-state index in [1.807, 2.05) is 46.0 Å². The fourth-order valence-corrected chi connectivity index (χ4v) is 1.88. The SMILES string of the molecule is Cc1ccc(-n2c(=O)c(N)c(C)n2C)cc1C. The van der Waals surface area contributed by atoms with Crippen LogP contribution in [0.25, 0.3) is 5.69 Å². The number of nitrogens with zero attached hydrogens (tertiary/aromatic N) is 2. The predicted octanol–water partition coefficient (Wildman–Crippen LogP) is 1.68. The molecule has 0 atom stereocenters. The molecule has 4 nitrogen and oxygen atoms in total. The molecule has 0 saturated carbocycles. The van der Waals surface area contributed by atoms with Crippen LogP contribution in [0.5, 0.6) is 0 Å². The second kappa shape index (κ2) is 3.80. The Hall–Kier alpha value is -1.97. The van der Waals surface area contributed by atoms with E-state index in [0.717, 1.165) is 16.9 Å². The number of rotatable bonds is 1. The summed E-state index contributed by atoms with van der Waals surface area (Å²) in [6.07, 6.45) is 0. The molecule has 17 heavy (non-hydrogen) atoms. The third kappa shape index (κ3) is 1.65. The highest BCUT2D eigenvalue weighted by Crippen LogP contribution is 2.15. The molecule has 90 valence electrons. The molecule has 0 radical (unpaired) electrons. The van der Waals surface area contributed by atoms with E-state index in [-0.39, 0.29) is 5.56 Å². The lowest BCUT2D eigenvalue weighted by molar-refractivity contribution is 0.629. The molecule has 1 aromatic heterocycles. The van der Waals surface area contributed by atoms with Gasteiger partial charge in [-0.25, -0.2) is 4.68 Å². The first-order valence-corrected chi connectivity index (χ1v) is 5.55. The number of hydrogen-bond donors (Lipinski definition) is 1. The van der Waals surface area contributed by atoms with Gasteiger partial charge >= 0.3 is 0 Å². The molecular formula is C13H17N3O. The summed E-state index contributed by atoms with van der Waals surface area (Å²) in [7, 11) is 1.84. The highest BCUT2D eigenvalue weighted by atomic mass is 16.1. The zero-order valence-electron chi connectivity index (χ0n) is 10.6. The number of nitrogen functional groups attached to an aromatic ring is 1. The predicted molar refractivity (Wildman–Crippen MR) is 69.6 cm³/mol. The summed E-state index contributed by atoms with van der Waals surface area (Å²) >= 11 is 0. The smallest absolute Gasteiger partial charge is 0.294 e. The topological polar surface area (TPSA) is 52.9 Å². The minimum atomic E-state index is -0.159. The molecule has 0 saturated heterocycles. The maximum atomic E-state index is 12.0. The summed E-state index contributed by atoms with van der Waals surface area (Å²) in [5, 5.41) is 0. The van der Waals surface area contributed by atoms with E-state index in [2.05, 4.69) is 0 Å². The van der Waals surface area contributed by atoms with Crippen LogP contribution in [0, 0.1) is 20.8 Å². The van der Waals surface area contributed by atoms with E-state index in [0.29, 0.717) is 5.69 Å². The van der Waals surface area contributed by atoms with Crippen molar-refractivity contribution in [3.63, 3.8) is 0 Å². The van der Waals surface area contributed by atoms with Gasteiger partial charge in [-0.15, -0.1) is 0 Å². The van der Waals surface area contributed by atoms with Gasteiger partial charge in [0.05, 0.1) is 11.4 Å². The summed E-state index contributed by atoms with van der Waals surface area (Å²) in [4.78, 5) is 12.0. The van der Waals surface area contributed by atoms with E-state index in [4.69, 9.17) is 5.73 Å². The van der Waals surface area contributed by atoms with Crippen molar-refractivity contribution in [2.24, 2.45) is 7.05 Å². The molecule has 0 bridgehead atoms. The molecule has 2 aromatic rings. The van der Waals surface area contributed by atoms with Crippen molar-refractivity contribution in [3.8, 4) is 5.69 Å². The molecule has 2 N–H and O–H groups in total. The lowest BCUT2D eigenvalue weighted by atomic mass is 10.1. The molecule has 4 heteroatoms. The molecule has 1 aromatic carbocycles. The lowest BCUT2D eigenvalue weighted by Crippen LogP contribution is -2.20. The molecule has 0 amide bonds. The number of hydrogen-bond acceptors (Lipinski definition) is 2. The Labute approximate surface area is 100 Å². The summed E-state index contributed by atoms with van der Waals surface area (Å²) in [6.45, 7) is 5.92. The molecule has 0 aliphatic rings. The Bertz CT molecular complexity index is 635. The Balaban J connectivity index is 2.73. The Morgan fingerprint density at radius 2 is 1.76 bits per heavy atom. The van der Waals surface area contributed by atoms with Crippen LogP contribution in [0.1, 0.15) is 16.8 Å². The van der Waals surface area contributed by atoms with Gasteiger partial charge in [0.15, 0.2) is 0 Å². The number of aromatic nitrogens is 2. The van der Waals surface area contributed by atoms with Gasteiger partial charge in [0, 0.05) is 7.05 Å². The van der Waals surface area contributed by atoms with Crippen molar-refractivity contribution in [2.75, 3.05) is 5.73 Å². The summed E-state index contributed by atoms with van der Waals surface area (Å²) < 4.78 is 3.37. The van der Waals surface area contributed by atoms with Crippen molar-refractivity contribution >= 4 is 5.69 Å². The van der Waals surface area contributed by atoms with Gasteiger partial charge < -0.3 is 5.73 Å². The Morgan fingerprint density at radius 3 is 2.24 bits per heavy atom. The van der Waals surface area contributed by atoms with Crippen LogP contribution < -0.4 is 11.3 Å². The van der Waals surface area contributed by atoms with Gasteiger partial charge in [-0.05, 0) is 44.0 Å². The molecule has 2 rings (SSSR count). The third-order valence-corrected chi connectivity index (χ3v) is 3.33. The molecule has 0 unspecified atom stereocenters. The fraction of sp³-hybridized carbons (Fsp3) is 0.308. The first-order chi connectivity index (χ1) is 7.93. The van der Waals surface area contributed by atoms with Crippen molar-refractivity contribution in [1.82, 2.24) is 9.36 Å². The van der Waals surface area contributed by atoms with Gasteiger partial charge in [-0.3, -0.25) is 9.48 Å². The Morgan fingerprint density at radius 1 is 1.12 bits per heavy atom. The van der Waals surface area contributed by atoms with Crippen molar-refractivity contribution in [1.29, 1.82) is 0 Å². The zero-order chi connectivity index (χ0) is 12.7. The Kier molecular flexibility index (Phi) is 2.58. The maximum absolute atomic E-state index is 12.0. The highest BCUT2D eigenvalue weighted by Gasteiger charge is 2.13. The van der Waals surface area contributed by atoms with Crippen LogP contribution in [0.3, 0.4) is 0 Å². The van der Waals surface area contributed by atoms with Gasteiger partial charge in [0.2, 0.25) is 0 Å². The molecular weight excluding hydrogens is 214 g/mol. The van der Waals surface area contributed by atoms with Crippen LogP contribution in [0.15, 0.2) is 23.0 Å². The first-order valence-electron chi connectivity index (χ1n) is 5.55. The van der Waals surface area contributed by atoms with Gasteiger partial charge in [0.1, 0.15) is 5.69 Å². The summed E-state index contributed by atoms with van der Waals surface area (Å²) in [5.74, 6) is 0. The van der Waals surface area contributed by atoms with Crippen LogP contribution >= 0.6 is 0 Å². The van der Waals surface area contributed by atoms with Gasteiger partial charge in [-0.2, -0.15) is 0 Å². The monoisotopic (exact) mass is 231 g/mol. The number of benzene rings is 1. The van der Waals surface area contributed by atoms with Crippen molar-refractivity contribution in [2.45, 2.75) is 20.8 Å². The molecule has 0 fully saturated rings. The minimum absolute atomic E-state index is 0.159. The zero-order valence-corrected chi connectivity index (χ0v) is 10.6. The number of aryl methyl sites for hydroxylation is 2. The minimum Gasteiger partial charge on any atom is -0.393 e. The number of anilines is 1. The highest BCUT2D eigenvalue weighted by molar-refractivity contribution is 5.46. The fourth-order valence-electron chi connectivity index (χ4n) is 1.88. The van der Waals surface area contributed by atoms with E-state index in [1.165, 1.54) is 5.56 Å². The lowest BCUT2D eigenvalue weighted by Gasteiger charge is -2.10. The van der Waals surface area contributed by atoms with E-state index >= 15 is 0 Å². The van der Waals surface area contributed by atoms with E-state index in [9.17, 15) is 4.79 Å². The number of nitrogens with two attached hydrogens (primary N) is 1. The van der Waals surface area contributed by atoms with E-state index < -0.39 is 0 Å². The van der Waals surface area contributed by atoms with Crippen molar-refractivity contribution < 1.29 is 0 Å². The summed E-state index contributed by atoms with van der Waals surface area (Å²) in [6, 6.07) is 5.94. The second-order valence-electron chi connectivity index (χ2n) is 4.41. The second-order valence-corrected chi connectivity index (χ2v) is 4.41. The first kappa shape index (κ1) is 11.5. The van der Waals surface area contributed by atoms with Crippen LogP contribution in [-0.4, -0.2) is 9.36 Å². The van der Waals surface area contributed by atoms with Gasteiger partial charge in [-0.1, -0.05) is 6.07 Å². The molecule has 0 spiro atoms. The maximum Gasteiger partial charge on any atom is 0.294 e. The third-order valence-electron chi connectivity index (χ3n) is 3.33. The molecule has 0 aliphatic carbocycles. The van der Waals surface area contributed by atoms with Gasteiger partial charge in [0.25, 0.3) is 5.56 Å². The van der Waals surface area contributed by atoms with Crippen LogP contribution in [0.4, 0.5) is 5.69 Å². The molecule has 0 aliphatic heterocycles. The van der Waals surface area contributed by atoms with Crippen molar-refractivity contribution in [3.05, 3.63) is 45.4 Å². The summed E-state index contributed by atoms with van der Waals surface area (Å²) in [5.41, 5.74) is 9.91. The standard InChI is InChI=1S/C13H17N3O/c1-8-5-6-11(7-9(8)2)16-13(17)12(14)10(3)15(16)4/h5-7H,14H2,1-4H3. The molecule has 1 heterocycles.